The Morgan fingerprint density at radius 3 is 2.76 bits per heavy atom. The van der Waals surface area contributed by atoms with Gasteiger partial charge in [-0.3, -0.25) is 9.78 Å². The van der Waals surface area contributed by atoms with Gasteiger partial charge in [0.25, 0.3) is 0 Å². The number of methoxy groups -OCH3 is 1. The van der Waals surface area contributed by atoms with Gasteiger partial charge in [-0.1, -0.05) is 24.3 Å². The Morgan fingerprint density at radius 1 is 1.29 bits per heavy atom. The summed E-state index contributed by atoms with van der Waals surface area (Å²) in [7, 11) is 1.60. The van der Waals surface area contributed by atoms with E-state index in [9.17, 15) is 9.90 Å². The molecule has 4 nitrogen and oxygen atoms in total. The Hall–Kier alpha value is -2.36. The monoisotopic (exact) mass is 285 g/mol. The van der Waals surface area contributed by atoms with Crippen molar-refractivity contribution in [1.29, 1.82) is 0 Å². The van der Waals surface area contributed by atoms with Crippen LogP contribution in [0.15, 0.2) is 48.8 Å². The van der Waals surface area contributed by atoms with Gasteiger partial charge in [-0.2, -0.15) is 0 Å². The molecule has 1 N–H and O–H groups in total. The van der Waals surface area contributed by atoms with Crippen LogP contribution >= 0.6 is 0 Å². The van der Waals surface area contributed by atoms with E-state index < -0.39 is 11.9 Å². The zero-order chi connectivity index (χ0) is 15.1. The second-order valence-corrected chi connectivity index (χ2v) is 4.95. The molecule has 2 rings (SSSR count). The fourth-order valence-corrected chi connectivity index (χ4v) is 2.34. The van der Waals surface area contributed by atoms with Crippen LogP contribution in [0, 0.1) is 5.92 Å². The summed E-state index contributed by atoms with van der Waals surface area (Å²) < 4.78 is 5.29. The molecule has 2 aromatic rings. The lowest BCUT2D eigenvalue weighted by Crippen LogP contribution is -2.17. The number of carbonyl (C=O) groups is 1. The molecule has 1 aromatic heterocycles. The van der Waals surface area contributed by atoms with Crippen LogP contribution in [0.25, 0.3) is 0 Å². The van der Waals surface area contributed by atoms with Crippen LogP contribution in [0.5, 0.6) is 5.75 Å². The number of rotatable bonds is 7. The van der Waals surface area contributed by atoms with Crippen molar-refractivity contribution >= 4 is 5.97 Å². The van der Waals surface area contributed by atoms with Crippen molar-refractivity contribution in [2.24, 2.45) is 5.92 Å². The smallest absolute Gasteiger partial charge is 0.306 e. The second-order valence-electron chi connectivity index (χ2n) is 4.95. The van der Waals surface area contributed by atoms with Gasteiger partial charge in [0.15, 0.2) is 0 Å². The highest BCUT2D eigenvalue weighted by atomic mass is 16.5. The lowest BCUT2D eigenvalue weighted by atomic mass is 9.93. The van der Waals surface area contributed by atoms with E-state index in [0.717, 1.165) is 16.9 Å². The summed E-state index contributed by atoms with van der Waals surface area (Å²) in [6, 6.07) is 11.4. The van der Waals surface area contributed by atoms with Gasteiger partial charge in [-0.15, -0.1) is 0 Å². The first-order valence-corrected chi connectivity index (χ1v) is 6.94. The first-order chi connectivity index (χ1) is 10.2. The minimum atomic E-state index is -0.773. The number of nitrogens with zero attached hydrogens (tertiary/aromatic N) is 1. The van der Waals surface area contributed by atoms with Crippen molar-refractivity contribution in [3.63, 3.8) is 0 Å². The second kappa shape index (κ2) is 7.43. The number of ether oxygens (including phenoxy) is 1. The average Bonchev–Trinajstić information content (AvgIpc) is 2.52. The fourth-order valence-electron chi connectivity index (χ4n) is 2.34. The van der Waals surface area contributed by atoms with Crippen LogP contribution in [0.2, 0.25) is 0 Å². The third-order valence-corrected chi connectivity index (χ3v) is 3.51. The normalized spacial score (nSPS) is 11.9. The number of aromatic nitrogens is 1. The summed E-state index contributed by atoms with van der Waals surface area (Å²) in [5.41, 5.74) is 1.99. The predicted molar refractivity (Wildman–Crippen MR) is 80.4 cm³/mol. The molecule has 0 saturated carbocycles. The SMILES string of the molecule is COc1ccccc1CC(CCc1cccnc1)C(=O)O. The van der Waals surface area contributed by atoms with Gasteiger partial charge < -0.3 is 9.84 Å². The highest BCUT2D eigenvalue weighted by Crippen LogP contribution is 2.23. The molecule has 21 heavy (non-hydrogen) atoms. The summed E-state index contributed by atoms with van der Waals surface area (Å²) in [5.74, 6) is -0.462. The molecule has 0 amide bonds. The average molecular weight is 285 g/mol. The van der Waals surface area contributed by atoms with Crippen molar-refractivity contribution in [2.75, 3.05) is 7.11 Å². The zero-order valence-electron chi connectivity index (χ0n) is 12.0. The van der Waals surface area contributed by atoms with Crippen LogP contribution in [0.1, 0.15) is 17.5 Å². The Morgan fingerprint density at radius 2 is 2.10 bits per heavy atom. The summed E-state index contributed by atoms with van der Waals surface area (Å²) in [6.07, 6.45) is 5.26. The van der Waals surface area contributed by atoms with E-state index >= 15 is 0 Å². The molecule has 110 valence electrons. The van der Waals surface area contributed by atoms with E-state index in [1.807, 2.05) is 36.4 Å². The number of aliphatic carboxylic acids is 1. The van der Waals surface area contributed by atoms with Crippen molar-refractivity contribution < 1.29 is 14.6 Å². The number of carboxylic acid groups (broad SMARTS) is 1. The van der Waals surface area contributed by atoms with Gasteiger partial charge in [0.05, 0.1) is 13.0 Å². The number of pyridine rings is 1. The van der Waals surface area contributed by atoms with E-state index in [1.165, 1.54) is 0 Å². The number of hydrogen-bond donors (Lipinski definition) is 1. The topological polar surface area (TPSA) is 59.4 Å². The largest absolute Gasteiger partial charge is 0.496 e. The molecule has 0 aliphatic heterocycles. The molecule has 0 fully saturated rings. The van der Waals surface area contributed by atoms with Crippen LogP contribution in [-0.4, -0.2) is 23.2 Å². The first kappa shape index (κ1) is 15.0. The Labute approximate surface area is 124 Å². The summed E-state index contributed by atoms with van der Waals surface area (Å²) >= 11 is 0. The molecule has 0 saturated heterocycles. The predicted octanol–water partition coefficient (Wildman–Crippen LogP) is 2.97. The summed E-state index contributed by atoms with van der Waals surface area (Å²) in [4.78, 5) is 15.5. The van der Waals surface area contributed by atoms with E-state index in [4.69, 9.17) is 4.74 Å². The standard InChI is InChI=1S/C17H19NO3/c1-21-16-7-3-2-6-14(16)11-15(17(19)20)9-8-13-5-4-10-18-12-13/h2-7,10,12,15H,8-9,11H2,1H3,(H,19,20). The third-order valence-electron chi connectivity index (χ3n) is 3.51. The Kier molecular flexibility index (Phi) is 5.32. The Bertz CT molecular complexity index is 584. The van der Waals surface area contributed by atoms with E-state index in [1.54, 1.807) is 19.5 Å². The van der Waals surface area contributed by atoms with Crippen LogP contribution < -0.4 is 4.74 Å². The first-order valence-electron chi connectivity index (χ1n) is 6.94. The highest BCUT2D eigenvalue weighted by Gasteiger charge is 2.19. The third kappa shape index (κ3) is 4.31. The van der Waals surface area contributed by atoms with Gasteiger partial charge in [-0.25, -0.2) is 0 Å². The highest BCUT2D eigenvalue weighted by molar-refractivity contribution is 5.70. The molecule has 0 spiro atoms. The quantitative estimate of drug-likeness (QED) is 0.849. The van der Waals surface area contributed by atoms with Crippen molar-refractivity contribution in [2.45, 2.75) is 19.3 Å². The van der Waals surface area contributed by atoms with Crippen LogP contribution in [0.4, 0.5) is 0 Å². The molecular weight excluding hydrogens is 266 g/mol. The van der Waals surface area contributed by atoms with Crippen LogP contribution in [0.3, 0.4) is 0 Å². The fraction of sp³-hybridized carbons (Fsp3) is 0.294. The van der Waals surface area contributed by atoms with Gasteiger partial charge in [0.1, 0.15) is 5.75 Å². The van der Waals surface area contributed by atoms with Gasteiger partial charge in [0.2, 0.25) is 0 Å². The molecule has 4 heteroatoms. The number of hydrogen-bond acceptors (Lipinski definition) is 3. The number of benzene rings is 1. The number of para-hydroxylation sites is 1. The summed E-state index contributed by atoms with van der Waals surface area (Å²) in [5, 5.41) is 9.42. The molecule has 1 unspecified atom stereocenters. The van der Waals surface area contributed by atoms with Crippen LogP contribution in [-0.2, 0) is 17.6 Å². The molecule has 0 bridgehead atoms. The number of carboxylic acids is 1. The maximum atomic E-state index is 11.5. The lowest BCUT2D eigenvalue weighted by Gasteiger charge is -2.14. The van der Waals surface area contributed by atoms with E-state index in [2.05, 4.69) is 4.98 Å². The van der Waals surface area contributed by atoms with Gasteiger partial charge in [-0.05, 0) is 42.5 Å². The van der Waals surface area contributed by atoms with Gasteiger partial charge in [0, 0.05) is 12.4 Å². The Balaban J connectivity index is 2.04. The molecule has 0 radical (unpaired) electrons. The molecule has 1 aromatic carbocycles. The van der Waals surface area contributed by atoms with Crippen molar-refractivity contribution in [3.05, 3.63) is 59.9 Å². The minimum absolute atomic E-state index is 0.429. The maximum Gasteiger partial charge on any atom is 0.306 e. The molecule has 1 atom stereocenters. The molecule has 0 aliphatic carbocycles. The maximum absolute atomic E-state index is 11.5. The molecule has 0 aliphatic rings. The zero-order valence-corrected chi connectivity index (χ0v) is 12.0. The molecular formula is C17H19NO3. The van der Waals surface area contributed by atoms with E-state index in [0.29, 0.717) is 19.3 Å². The summed E-state index contributed by atoms with van der Waals surface area (Å²) in [6.45, 7) is 0. The molecule has 1 heterocycles. The van der Waals surface area contributed by atoms with Crippen molar-refractivity contribution in [1.82, 2.24) is 4.98 Å². The number of aryl methyl sites for hydroxylation is 1. The minimum Gasteiger partial charge on any atom is -0.496 e. The van der Waals surface area contributed by atoms with E-state index in [-0.39, 0.29) is 0 Å². The van der Waals surface area contributed by atoms with Gasteiger partial charge >= 0.3 is 5.97 Å². The van der Waals surface area contributed by atoms with Crippen molar-refractivity contribution in [3.8, 4) is 5.75 Å². The lowest BCUT2D eigenvalue weighted by molar-refractivity contribution is -0.141.